The summed E-state index contributed by atoms with van der Waals surface area (Å²) in [5.41, 5.74) is 4.07. The summed E-state index contributed by atoms with van der Waals surface area (Å²) >= 11 is 0. The molecule has 2 aromatic heterocycles. The normalized spacial score (nSPS) is 28.5. The second-order valence-corrected chi connectivity index (χ2v) is 5.06. The minimum absolute atomic E-state index is 0.0445. The van der Waals surface area contributed by atoms with Gasteiger partial charge in [0.05, 0.1) is 6.61 Å². The topological polar surface area (TPSA) is 169 Å². The van der Waals surface area contributed by atoms with Gasteiger partial charge in [0, 0.05) is 7.05 Å². The molecule has 0 amide bonds. The Morgan fingerprint density at radius 2 is 2.05 bits per heavy atom. The van der Waals surface area contributed by atoms with Crippen molar-refractivity contribution in [3.8, 4) is 0 Å². The van der Waals surface area contributed by atoms with Crippen molar-refractivity contribution >= 4 is 17.1 Å². The van der Waals surface area contributed by atoms with Crippen molar-refractivity contribution in [2.24, 2.45) is 7.05 Å². The maximum absolute atomic E-state index is 12.3. The molecule has 6 N–H and O–H groups in total. The molecular weight excluding hydrogens is 298 g/mol. The largest absolute Gasteiger partial charge is 0.394 e. The van der Waals surface area contributed by atoms with E-state index in [0.29, 0.717) is 0 Å². The molecule has 1 fully saturated rings. The maximum Gasteiger partial charge on any atom is 0.332 e. The molecular formula is C11H15N5O6. The highest BCUT2D eigenvalue weighted by atomic mass is 16.6. The Morgan fingerprint density at radius 3 is 2.64 bits per heavy atom. The van der Waals surface area contributed by atoms with Gasteiger partial charge in [0.25, 0.3) is 5.56 Å². The van der Waals surface area contributed by atoms with Crippen LogP contribution in [0.25, 0.3) is 11.2 Å². The summed E-state index contributed by atoms with van der Waals surface area (Å²) in [7, 11) is 1.36. The molecule has 3 heterocycles. The van der Waals surface area contributed by atoms with Gasteiger partial charge in [0.2, 0.25) is 5.95 Å². The Morgan fingerprint density at radius 1 is 1.36 bits per heavy atom. The number of hydrogen-bond acceptors (Lipinski definition) is 8. The quantitative estimate of drug-likeness (QED) is 0.382. The molecule has 11 nitrogen and oxygen atoms in total. The van der Waals surface area contributed by atoms with E-state index in [4.69, 9.17) is 15.6 Å². The highest BCUT2D eigenvalue weighted by molar-refractivity contribution is 5.71. The van der Waals surface area contributed by atoms with Crippen LogP contribution in [-0.2, 0) is 11.8 Å². The minimum Gasteiger partial charge on any atom is -0.394 e. The zero-order chi connectivity index (χ0) is 16.2. The molecule has 11 heteroatoms. The summed E-state index contributed by atoms with van der Waals surface area (Å²) in [5, 5.41) is 29.0. The van der Waals surface area contributed by atoms with Crippen LogP contribution in [0.3, 0.4) is 0 Å². The second-order valence-electron chi connectivity index (χ2n) is 5.06. The van der Waals surface area contributed by atoms with Crippen LogP contribution in [0.15, 0.2) is 9.59 Å². The number of nitrogens with zero attached hydrogens (tertiary/aromatic N) is 3. The van der Waals surface area contributed by atoms with E-state index in [1.54, 1.807) is 0 Å². The molecule has 0 spiro atoms. The first-order valence-corrected chi connectivity index (χ1v) is 6.46. The third-order valence-electron chi connectivity index (χ3n) is 3.72. The number of nitrogens with one attached hydrogen (secondary N) is 1. The molecule has 120 valence electrons. The number of aliphatic hydroxyl groups is 3. The Balaban J connectivity index is 2.26. The van der Waals surface area contributed by atoms with E-state index in [9.17, 15) is 19.8 Å². The molecule has 1 aliphatic heterocycles. The molecule has 3 rings (SSSR count). The monoisotopic (exact) mass is 313 g/mol. The van der Waals surface area contributed by atoms with E-state index in [1.165, 1.54) is 7.05 Å². The Labute approximate surface area is 122 Å². The number of H-pyrrole nitrogens is 1. The minimum atomic E-state index is -1.47. The predicted octanol–water partition coefficient (Wildman–Crippen LogP) is -3.38. The number of aromatic nitrogens is 4. The Kier molecular flexibility index (Phi) is 3.29. The lowest BCUT2D eigenvalue weighted by molar-refractivity contribution is -0.0527. The molecule has 0 aromatic carbocycles. The SMILES string of the molecule is Cn1c(=O)n(C2O[C@H](CO)[C@@H](O)[C@H]2O)c2nc(N)[nH]c(=O)c21. The van der Waals surface area contributed by atoms with E-state index in [-0.39, 0.29) is 17.1 Å². The lowest BCUT2D eigenvalue weighted by Gasteiger charge is -2.15. The third-order valence-corrected chi connectivity index (χ3v) is 3.72. The summed E-state index contributed by atoms with van der Waals surface area (Å²) in [5.74, 6) is -0.205. The van der Waals surface area contributed by atoms with Gasteiger partial charge in [-0.2, -0.15) is 4.98 Å². The molecule has 0 radical (unpaired) electrons. The van der Waals surface area contributed by atoms with Gasteiger partial charge < -0.3 is 25.8 Å². The van der Waals surface area contributed by atoms with E-state index in [1.807, 2.05) is 0 Å². The molecule has 0 saturated carbocycles. The van der Waals surface area contributed by atoms with Gasteiger partial charge in [-0.15, -0.1) is 0 Å². The van der Waals surface area contributed by atoms with E-state index in [2.05, 4.69) is 9.97 Å². The standard InChI is InChI=1S/C11H15N5O6/c1-15-4-7(13-10(12)14-8(4)20)16(11(15)21)9-6(19)5(18)3(2-17)22-9/h3,5-6,9,17-19H,2H2,1H3,(H3,12,13,14,20)/t3-,5-,6-,9?/m1/s1. The van der Waals surface area contributed by atoms with Crippen molar-refractivity contribution in [2.75, 3.05) is 12.3 Å². The van der Waals surface area contributed by atoms with E-state index in [0.717, 1.165) is 9.13 Å². The first-order chi connectivity index (χ1) is 10.4. The van der Waals surface area contributed by atoms with Crippen LogP contribution in [0.2, 0.25) is 0 Å². The Hall–Kier alpha value is -2.21. The molecule has 4 atom stereocenters. The van der Waals surface area contributed by atoms with Crippen LogP contribution in [0.1, 0.15) is 6.23 Å². The lowest BCUT2D eigenvalue weighted by Crippen LogP contribution is -2.35. The smallest absolute Gasteiger partial charge is 0.332 e. The fourth-order valence-corrected chi connectivity index (χ4v) is 2.61. The van der Waals surface area contributed by atoms with Gasteiger partial charge >= 0.3 is 5.69 Å². The number of nitrogens with two attached hydrogens (primary N) is 1. The van der Waals surface area contributed by atoms with Crippen molar-refractivity contribution in [2.45, 2.75) is 24.5 Å². The van der Waals surface area contributed by atoms with Crippen molar-refractivity contribution < 1.29 is 20.1 Å². The molecule has 2 aromatic rings. The Bertz CT molecular complexity index is 838. The van der Waals surface area contributed by atoms with E-state index < -0.39 is 42.4 Å². The van der Waals surface area contributed by atoms with Gasteiger partial charge in [-0.05, 0) is 0 Å². The van der Waals surface area contributed by atoms with Crippen LogP contribution < -0.4 is 17.0 Å². The summed E-state index contributed by atoms with van der Waals surface area (Å²) in [4.78, 5) is 30.4. The number of imidazole rings is 1. The van der Waals surface area contributed by atoms with Gasteiger partial charge in [0.1, 0.15) is 18.3 Å². The molecule has 0 aliphatic carbocycles. The number of fused-ring (bicyclic) bond motifs is 1. The first kappa shape index (κ1) is 14.7. The van der Waals surface area contributed by atoms with Crippen molar-refractivity contribution in [1.29, 1.82) is 0 Å². The molecule has 22 heavy (non-hydrogen) atoms. The van der Waals surface area contributed by atoms with Crippen LogP contribution in [0.4, 0.5) is 5.95 Å². The van der Waals surface area contributed by atoms with Crippen molar-refractivity contribution in [3.05, 3.63) is 20.8 Å². The van der Waals surface area contributed by atoms with Crippen LogP contribution in [-0.4, -0.2) is 59.3 Å². The second kappa shape index (κ2) is 4.91. The average Bonchev–Trinajstić information content (AvgIpc) is 2.87. The third kappa shape index (κ3) is 1.87. The summed E-state index contributed by atoms with van der Waals surface area (Å²) in [6.45, 7) is -0.537. The van der Waals surface area contributed by atoms with Crippen molar-refractivity contribution in [1.82, 2.24) is 19.1 Å². The molecule has 1 aliphatic rings. The number of anilines is 1. The zero-order valence-corrected chi connectivity index (χ0v) is 11.5. The average molecular weight is 313 g/mol. The lowest BCUT2D eigenvalue weighted by atomic mass is 10.1. The van der Waals surface area contributed by atoms with Crippen molar-refractivity contribution in [3.63, 3.8) is 0 Å². The molecule has 1 saturated heterocycles. The number of nitrogen functional groups attached to an aromatic ring is 1. The van der Waals surface area contributed by atoms with Crippen LogP contribution >= 0.6 is 0 Å². The number of aliphatic hydroxyl groups excluding tert-OH is 3. The molecule has 0 bridgehead atoms. The van der Waals surface area contributed by atoms with Gasteiger partial charge in [-0.1, -0.05) is 0 Å². The van der Waals surface area contributed by atoms with Gasteiger partial charge in [-0.25, -0.2) is 9.36 Å². The summed E-state index contributed by atoms with van der Waals surface area (Å²) in [6.07, 6.45) is -5.20. The fourth-order valence-electron chi connectivity index (χ4n) is 2.61. The van der Waals surface area contributed by atoms with Gasteiger partial charge in [0.15, 0.2) is 17.4 Å². The summed E-state index contributed by atoms with van der Waals surface area (Å²) < 4.78 is 7.28. The number of rotatable bonds is 2. The number of aryl methyl sites for hydroxylation is 1. The predicted molar refractivity (Wildman–Crippen MR) is 73.0 cm³/mol. The van der Waals surface area contributed by atoms with E-state index >= 15 is 0 Å². The maximum atomic E-state index is 12.3. The number of hydrogen-bond donors (Lipinski definition) is 5. The highest BCUT2D eigenvalue weighted by Crippen LogP contribution is 2.29. The van der Waals surface area contributed by atoms with Gasteiger partial charge in [-0.3, -0.25) is 14.3 Å². The zero-order valence-electron chi connectivity index (χ0n) is 11.5. The van der Waals surface area contributed by atoms with Crippen LogP contribution in [0, 0.1) is 0 Å². The number of ether oxygens (including phenoxy) is 1. The first-order valence-electron chi connectivity index (χ1n) is 6.46. The fraction of sp³-hybridized carbons (Fsp3) is 0.545. The highest BCUT2D eigenvalue weighted by Gasteiger charge is 2.45. The molecule has 1 unspecified atom stereocenters. The van der Waals surface area contributed by atoms with Crippen LogP contribution in [0.5, 0.6) is 0 Å². The summed E-state index contributed by atoms with van der Waals surface area (Å²) in [6, 6.07) is 0. The number of aromatic amines is 1.